The van der Waals surface area contributed by atoms with Gasteiger partial charge in [-0.2, -0.15) is 0 Å². The number of hydrogen-bond acceptors (Lipinski definition) is 9. The van der Waals surface area contributed by atoms with Gasteiger partial charge in [0.15, 0.2) is 0 Å². The number of rotatable bonds is 19. The number of benzene rings is 3. The van der Waals surface area contributed by atoms with Crippen LogP contribution >= 0.6 is 0 Å². The number of nitrogens with zero attached hydrogens (tertiary/aromatic N) is 2. The van der Waals surface area contributed by atoms with Crippen molar-refractivity contribution in [3.8, 4) is 0 Å². The van der Waals surface area contributed by atoms with Crippen molar-refractivity contribution in [3.05, 3.63) is 108 Å². The van der Waals surface area contributed by atoms with Crippen LogP contribution in [0.4, 0.5) is 9.59 Å². The zero-order valence-corrected chi connectivity index (χ0v) is 32.2. The van der Waals surface area contributed by atoms with E-state index in [1.165, 1.54) is 14.1 Å². The molecule has 0 fully saturated rings. The van der Waals surface area contributed by atoms with E-state index in [1.807, 2.05) is 42.5 Å². The topological polar surface area (TPSA) is 187 Å². The van der Waals surface area contributed by atoms with Crippen LogP contribution in [-0.2, 0) is 53.0 Å². The van der Waals surface area contributed by atoms with Crippen LogP contribution in [0.25, 0.3) is 0 Å². The van der Waals surface area contributed by atoms with Crippen LogP contribution in [0.15, 0.2) is 91.0 Å². The number of hydrogen-bond donors (Lipinski definition) is 3. The number of ether oxygens (including phenoxy) is 3. The highest BCUT2D eigenvalue weighted by Crippen LogP contribution is 2.17. The van der Waals surface area contributed by atoms with Gasteiger partial charge in [-0.1, -0.05) is 91.0 Å². The highest BCUT2D eigenvalue weighted by Gasteiger charge is 2.38. The molecule has 0 aliphatic carbocycles. The van der Waals surface area contributed by atoms with Crippen molar-refractivity contribution in [2.75, 3.05) is 20.6 Å². The molecule has 0 bridgehead atoms. The molecule has 0 heterocycles. The summed E-state index contributed by atoms with van der Waals surface area (Å²) in [5.41, 5.74) is 7.20. The van der Waals surface area contributed by atoms with Crippen LogP contribution in [0.2, 0.25) is 0 Å². The maximum Gasteiger partial charge on any atom is 0.408 e. The second kappa shape index (κ2) is 21.7. The Morgan fingerprint density at radius 3 is 1.71 bits per heavy atom. The molecule has 14 heteroatoms. The van der Waals surface area contributed by atoms with Crippen LogP contribution in [0.3, 0.4) is 0 Å². The molecule has 0 aliphatic heterocycles. The summed E-state index contributed by atoms with van der Waals surface area (Å²) in [4.78, 5) is 81.7. The highest BCUT2D eigenvalue weighted by atomic mass is 16.6. The number of unbranched alkanes of at least 4 members (excludes halogenated alkanes) is 1. The van der Waals surface area contributed by atoms with Gasteiger partial charge in [0.2, 0.25) is 17.7 Å². The third kappa shape index (κ3) is 15.5. The van der Waals surface area contributed by atoms with Gasteiger partial charge < -0.3 is 40.4 Å². The first kappa shape index (κ1) is 43.5. The van der Waals surface area contributed by atoms with E-state index in [-0.39, 0.29) is 32.6 Å². The lowest BCUT2D eigenvalue weighted by molar-refractivity contribution is -0.154. The van der Waals surface area contributed by atoms with Crippen LogP contribution in [-0.4, -0.2) is 90.0 Å². The first-order valence-electron chi connectivity index (χ1n) is 18.1. The Labute approximate surface area is 322 Å². The molecule has 0 aromatic heterocycles. The number of alkyl carbamates (subject to hydrolysis) is 2. The SMILES string of the molecule is CN(C(=O)[C@H](CCCCNC(=O)OCc1ccccc1)NC(=O)OC(C)(C)C)[C@@H](CC(=O)OCc1ccccc1)C(=O)N(C)[C@@H](Cc1ccccc1)C(N)=O. The summed E-state index contributed by atoms with van der Waals surface area (Å²) >= 11 is 0. The van der Waals surface area contributed by atoms with E-state index < -0.39 is 66.0 Å². The molecular weight excluding hydrogens is 706 g/mol. The molecule has 0 saturated heterocycles. The number of carbonyl (C=O) groups is 6. The van der Waals surface area contributed by atoms with E-state index in [1.54, 1.807) is 69.3 Å². The van der Waals surface area contributed by atoms with Gasteiger partial charge in [-0.25, -0.2) is 9.59 Å². The Hall–Kier alpha value is -5.92. The lowest BCUT2D eigenvalue weighted by Gasteiger charge is -2.35. The van der Waals surface area contributed by atoms with Crippen LogP contribution < -0.4 is 16.4 Å². The van der Waals surface area contributed by atoms with Crippen LogP contribution in [0.1, 0.15) is 63.1 Å². The molecule has 0 spiro atoms. The van der Waals surface area contributed by atoms with Gasteiger partial charge in [0, 0.05) is 27.1 Å². The van der Waals surface area contributed by atoms with Crippen molar-refractivity contribution in [2.45, 2.75) is 89.8 Å². The van der Waals surface area contributed by atoms with Crippen molar-refractivity contribution in [1.29, 1.82) is 0 Å². The third-order valence-corrected chi connectivity index (χ3v) is 8.51. The maximum absolute atomic E-state index is 14.2. The number of nitrogens with two attached hydrogens (primary N) is 1. The molecular formula is C41H53N5O9. The first-order valence-corrected chi connectivity index (χ1v) is 18.1. The minimum Gasteiger partial charge on any atom is -0.461 e. The zero-order valence-electron chi connectivity index (χ0n) is 32.2. The average molecular weight is 760 g/mol. The Morgan fingerprint density at radius 2 is 1.18 bits per heavy atom. The Bertz CT molecular complexity index is 1700. The maximum atomic E-state index is 14.2. The fraction of sp³-hybridized carbons (Fsp3) is 0.415. The van der Waals surface area contributed by atoms with Crippen LogP contribution in [0, 0.1) is 0 Å². The molecule has 3 rings (SSSR count). The second-order valence-corrected chi connectivity index (χ2v) is 14.1. The fourth-order valence-electron chi connectivity index (χ4n) is 5.54. The summed E-state index contributed by atoms with van der Waals surface area (Å²) in [7, 11) is 2.73. The molecule has 296 valence electrons. The Kier molecular flexibility index (Phi) is 17.2. The number of esters is 1. The van der Waals surface area contributed by atoms with Gasteiger partial charge in [0.05, 0.1) is 6.42 Å². The van der Waals surface area contributed by atoms with E-state index in [2.05, 4.69) is 10.6 Å². The first-order chi connectivity index (χ1) is 26.1. The number of amides is 5. The number of primary amides is 1. The van der Waals surface area contributed by atoms with Crippen molar-refractivity contribution in [3.63, 3.8) is 0 Å². The minimum absolute atomic E-state index is 0.0668. The molecule has 55 heavy (non-hydrogen) atoms. The summed E-state index contributed by atoms with van der Waals surface area (Å²) in [6.45, 7) is 5.29. The molecule has 3 atom stereocenters. The Balaban J connectivity index is 1.78. The van der Waals surface area contributed by atoms with Crippen LogP contribution in [0.5, 0.6) is 0 Å². The molecule has 3 aromatic rings. The molecule has 14 nitrogen and oxygen atoms in total. The minimum atomic E-state index is -1.44. The molecule has 4 N–H and O–H groups in total. The predicted octanol–water partition coefficient (Wildman–Crippen LogP) is 4.49. The van der Waals surface area contributed by atoms with E-state index in [0.29, 0.717) is 12.8 Å². The molecule has 5 amide bonds. The molecule has 3 aromatic carbocycles. The van der Waals surface area contributed by atoms with Gasteiger partial charge >= 0.3 is 18.2 Å². The van der Waals surface area contributed by atoms with Gasteiger partial charge in [0.25, 0.3) is 0 Å². The second-order valence-electron chi connectivity index (χ2n) is 14.1. The van der Waals surface area contributed by atoms with Gasteiger partial charge in [-0.05, 0) is 56.7 Å². The normalized spacial score (nSPS) is 12.6. The number of carbonyl (C=O) groups excluding carboxylic acids is 6. The van der Waals surface area contributed by atoms with E-state index in [4.69, 9.17) is 19.9 Å². The van der Waals surface area contributed by atoms with Crippen molar-refractivity contribution < 1.29 is 43.0 Å². The van der Waals surface area contributed by atoms with Crippen molar-refractivity contribution in [2.24, 2.45) is 5.73 Å². The summed E-state index contributed by atoms with van der Waals surface area (Å²) in [6.07, 6.45) is -1.05. The summed E-state index contributed by atoms with van der Waals surface area (Å²) in [5, 5.41) is 5.28. The molecule has 0 saturated carbocycles. The lowest BCUT2D eigenvalue weighted by atomic mass is 10.0. The van der Waals surface area contributed by atoms with Gasteiger partial charge in [0.1, 0.15) is 36.9 Å². The summed E-state index contributed by atoms with van der Waals surface area (Å²) in [6, 6.07) is 23.4. The molecule has 0 radical (unpaired) electrons. The monoisotopic (exact) mass is 759 g/mol. The van der Waals surface area contributed by atoms with Gasteiger partial charge in [-0.15, -0.1) is 0 Å². The number of likely N-dealkylation sites (N-methyl/N-ethyl adjacent to an activating group) is 2. The molecule has 0 aliphatic rings. The summed E-state index contributed by atoms with van der Waals surface area (Å²) < 4.78 is 16.2. The van der Waals surface area contributed by atoms with E-state index >= 15 is 0 Å². The summed E-state index contributed by atoms with van der Waals surface area (Å²) in [5.74, 6) is -2.97. The van der Waals surface area contributed by atoms with E-state index in [9.17, 15) is 28.8 Å². The fourth-order valence-corrected chi connectivity index (χ4v) is 5.54. The van der Waals surface area contributed by atoms with Crippen molar-refractivity contribution >= 4 is 35.9 Å². The zero-order chi connectivity index (χ0) is 40.4. The van der Waals surface area contributed by atoms with Gasteiger partial charge in [-0.3, -0.25) is 19.2 Å². The smallest absolute Gasteiger partial charge is 0.408 e. The lowest BCUT2D eigenvalue weighted by Crippen LogP contribution is -2.58. The predicted molar refractivity (Wildman–Crippen MR) is 205 cm³/mol. The number of nitrogens with one attached hydrogen (secondary N) is 2. The standard InChI is InChI=1S/C41H53N5O9/c1-41(2,3)55-40(52)44-32(23-15-16-24-43-39(51)54-28-31-21-13-8-14-22-31)37(49)46(5)34(26-35(47)53-27-30-19-11-7-12-20-30)38(50)45(4)33(36(42)48)25-29-17-9-6-10-18-29/h6-14,17-22,32-34H,15-16,23-28H2,1-5H3,(H2,42,48)(H,43,51)(H,44,52)/t32-,33-,34-/m0/s1. The largest absolute Gasteiger partial charge is 0.461 e. The molecule has 0 unspecified atom stereocenters. The quantitative estimate of drug-likeness (QED) is 0.0900. The average Bonchev–Trinajstić information content (AvgIpc) is 3.16. The Morgan fingerprint density at radius 1 is 0.673 bits per heavy atom. The van der Waals surface area contributed by atoms with E-state index in [0.717, 1.165) is 26.5 Å². The highest BCUT2D eigenvalue weighted by molar-refractivity contribution is 5.95. The van der Waals surface area contributed by atoms with Crippen molar-refractivity contribution in [1.82, 2.24) is 20.4 Å². The third-order valence-electron chi connectivity index (χ3n) is 8.51.